The van der Waals surface area contributed by atoms with Crippen LogP contribution in [-0.4, -0.2) is 52.3 Å². The van der Waals surface area contributed by atoms with Gasteiger partial charge in [-0.05, 0) is 37.5 Å². The lowest BCUT2D eigenvalue weighted by Gasteiger charge is -2.36. The number of likely N-dealkylation sites (tertiary alicyclic amines) is 1. The lowest BCUT2D eigenvalue weighted by atomic mass is 9.98. The molecule has 7 nitrogen and oxygen atoms in total. The van der Waals surface area contributed by atoms with Crippen LogP contribution >= 0.6 is 0 Å². The van der Waals surface area contributed by atoms with Crippen molar-refractivity contribution in [3.63, 3.8) is 0 Å². The van der Waals surface area contributed by atoms with Gasteiger partial charge in [-0.25, -0.2) is 8.42 Å². The standard InChI is InChI=1S/C20H30N4O3S/c1-5-23(6-2)28(26,27)16-14-19(22(4)15-16)20(25)24-13-8-7-10-18(24)17-11-9-12-21(17)3/h9,11-12,14-15,18H,5-8,10,13H2,1-4H3. The number of amides is 1. The van der Waals surface area contributed by atoms with Gasteiger partial charge in [-0.15, -0.1) is 0 Å². The van der Waals surface area contributed by atoms with E-state index in [-0.39, 0.29) is 16.8 Å². The zero-order valence-electron chi connectivity index (χ0n) is 17.1. The molecule has 3 rings (SSSR count). The highest BCUT2D eigenvalue weighted by molar-refractivity contribution is 7.89. The van der Waals surface area contributed by atoms with E-state index in [4.69, 9.17) is 0 Å². The molecule has 2 aromatic heterocycles. The average Bonchev–Trinajstić information content (AvgIpc) is 3.28. The first-order valence-corrected chi connectivity index (χ1v) is 11.3. The lowest BCUT2D eigenvalue weighted by Crippen LogP contribution is -2.39. The van der Waals surface area contributed by atoms with Crippen LogP contribution in [0.3, 0.4) is 0 Å². The molecule has 8 heteroatoms. The predicted molar refractivity (Wildman–Crippen MR) is 109 cm³/mol. The minimum Gasteiger partial charge on any atom is -0.353 e. The van der Waals surface area contributed by atoms with E-state index in [1.165, 1.54) is 10.4 Å². The third-order valence-corrected chi connectivity index (χ3v) is 7.65. The summed E-state index contributed by atoms with van der Waals surface area (Å²) < 4.78 is 30.8. The van der Waals surface area contributed by atoms with Gasteiger partial charge in [0, 0.05) is 51.8 Å². The number of aryl methyl sites for hydroxylation is 2. The second-order valence-electron chi connectivity index (χ2n) is 7.32. The van der Waals surface area contributed by atoms with Crippen molar-refractivity contribution in [1.29, 1.82) is 0 Å². The molecule has 0 saturated carbocycles. The first kappa shape index (κ1) is 20.7. The first-order valence-electron chi connectivity index (χ1n) is 9.90. The van der Waals surface area contributed by atoms with Crippen molar-refractivity contribution in [2.45, 2.75) is 44.0 Å². The molecule has 0 bridgehead atoms. The van der Waals surface area contributed by atoms with Crippen molar-refractivity contribution in [3.05, 3.63) is 42.0 Å². The van der Waals surface area contributed by atoms with Crippen LogP contribution in [-0.2, 0) is 24.1 Å². The van der Waals surface area contributed by atoms with Gasteiger partial charge < -0.3 is 14.0 Å². The van der Waals surface area contributed by atoms with Crippen LogP contribution in [0.5, 0.6) is 0 Å². The summed E-state index contributed by atoms with van der Waals surface area (Å²) >= 11 is 0. The minimum absolute atomic E-state index is 0.0130. The van der Waals surface area contributed by atoms with Gasteiger partial charge in [0.05, 0.1) is 6.04 Å². The second kappa shape index (κ2) is 8.13. The van der Waals surface area contributed by atoms with E-state index in [1.807, 2.05) is 38.1 Å². The number of aromatic nitrogens is 2. The van der Waals surface area contributed by atoms with E-state index in [1.54, 1.807) is 17.8 Å². The maximum absolute atomic E-state index is 13.4. The lowest BCUT2D eigenvalue weighted by molar-refractivity contribution is 0.0592. The van der Waals surface area contributed by atoms with E-state index in [9.17, 15) is 13.2 Å². The van der Waals surface area contributed by atoms with Crippen LogP contribution in [0, 0.1) is 0 Å². The Labute approximate surface area is 167 Å². The van der Waals surface area contributed by atoms with Crippen molar-refractivity contribution < 1.29 is 13.2 Å². The van der Waals surface area contributed by atoms with Crippen LogP contribution in [0.15, 0.2) is 35.5 Å². The molecule has 3 heterocycles. The summed E-state index contributed by atoms with van der Waals surface area (Å²) in [6.07, 6.45) is 6.49. The Kier molecular flexibility index (Phi) is 6.00. The van der Waals surface area contributed by atoms with Crippen molar-refractivity contribution in [1.82, 2.24) is 18.3 Å². The van der Waals surface area contributed by atoms with Crippen molar-refractivity contribution in [3.8, 4) is 0 Å². The molecular formula is C20H30N4O3S. The van der Waals surface area contributed by atoms with Crippen molar-refractivity contribution >= 4 is 15.9 Å². The van der Waals surface area contributed by atoms with Crippen LogP contribution in [0.4, 0.5) is 0 Å². The number of sulfonamides is 1. The molecule has 0 radical (unpaired) electrons. The van der Waals surface area contributed by atoms with Gasteiger partial charge in [0.2, 0.25) is 10.0 Å². The molecule has 1 aliphatic rings. The van der Waals surface area contributed by atoms with Gasteiger partial charge in [-0.1, -0.05) is 13.8 Å². The average molecular weight is 407 g/mol. The SMILES string of the molecule is CCN(CC)S(=O)(=O)c1cc(C(=O)N2CCCCC2c2cccn2C)n(C)c1. The number of nitrogens with zero attached hydrogens (tertiary/aromatic N) is 4. The maximum Gasteiger partial charge on any atom is 0.271 e. The zero-order valence-corrected chi connectivity index (χ0v) is 17.9. The molecule has 1 aliphatic heterocycles. The second-order valence-corrected chi connectivity index (χ2v) is 9.25. The highest BCUT2D eigenvalue weighted by atomic mass is 32.2. The summed E-state index contributed by atoms with van der Waals surface area (Å²) in [7, 11) is 0.129. The van der Waals surface area contributed by atoms with E-state index in [0.717, 1.165) is 25.0 Å². The molecule has 1 saturated heterocycles. The molecule has 2 aromatic rings. The summed E-state index contributed by atoms with van der Waals surface area (Å²) in [4.78, 5) is 15.4. The first-order chi connectivity index (χ1) is 13.3. The number of carbonyl (C=O) groups excluding carboxylic acids is 1. The Bertz CT molecular complexity index is 941. The summed E-state index contributed by atoms with van der Waals surface area (Å²) in [5, 5.41) is 0. The Balaban J connectivity index is 1.94. The third kappa shape index (κ3) is 3.63. The molecule has 28 heavy (non-hydrogen) atoms. The van der Waals surface area contributed by atoms with Crippen LogP contribution in [0.25, 0.3) is 0 Å². The van der Waals surface area contributed by atoms with Gasteiger partial charge in [-0.3, -0.25) is 4.79 Å². The van der Waals surface area contributed by atoms with Crippen LogP contribution < -0.4 is 0 Å². The van der Waals surface area contributed by atoms with Crippen molar-refractivity contribution in [2.75, 3.05) is 19.6 Å². The largest absolute Gasteiger partial charge is 0.353 e. The predicted octanol–water partition coefficient (Wildman–Crippen LogP) is 2.76. The van der Waals surface area contributed by atoms with E-state index < -0.39 is 10.0 Å². The van der Waals surface area contributed by atoms with Crippen LogP contribution in [0.1, 0.15) is 55.3 Å². The van der Waals surface area contributed by atoms with Gasteiger partial charge >= 0.3 is 0 Å². The van der Waals surface area contributed by atoms with Gasteiger partial charge in [0.25, 0.3) is 5.91 Å². The summed E-state index contributed by atoms with van der Waals surface area (Å²) in [5.41, 5.74) is 1.52. The van der Waals surface area contributed by atoms with E-state index >= 15 is 0 Å². The molecule has 1 unspecified atom stereocenters. The molecule has 0 N–H and O–H groups in total. The highest BCUT2D eigenvalue weighted by Crippen LogP contribution is 2.32. The van der Waals surface area contributed by atoms with Crippen molar-refractivity contribution in [2.24, 2.45) is 14.1 Å². The Morgan fingerprint density at radius 2 is 1.89 bits per heavy atom. The number of hydrogen-bond acceptors (Lipinski definition) is 3. The molecular weight excluding hydrogens is 376 g/mol. The fraction of sp³-hybridized carbons (Fsp3) is 0.550. The maximum atomic E-state index is 13.4. The van der Waals surface area contributed by atoms with Crippen LogP contribution in [0.2, 0.25) is 0 Å². The topological polar surface area (TPSA) is 67.6 Å². The Morgan fingerprint density at radius 3 is 2.50 bits per heavy atom. The third-order valence-electron chi connectivity index (χ3n) is 5.63. The fourth-order valence-electron chi connectivity index (χ4n) is 4.05. The quantitative estimate of drug-likeness (QED) is 0.741. The monoisotopic (exact) mass is 406 g/mol. The Morgan fingerprint density at radius 1 is 1.18 bits per heavy atom. The fourth-order valence-corrected chi connectivity index (χ4v) is 5.58. The smallest absolute Gasteiger partial charge is 0.271 e. The molecule has 1 fully saturated rings. The number of rotatable bonds is 6. The molecule has 0 aromatic carbocycles. The van der Waals surface area contributed by atoms with Gasteiger partial charge in [0.15, 0.2) is 0 Å². The highest BCUT2D eigenvalue weighted by Gasteiger charge is 2.32. The molecule has 0 spiro atoms. The van der Waals surface area contributed by atoms with E-state index in [2.05, 4.69) is 10.6 Å². The summed E-state index contributed by atoms with van der Waals surface area (Å²) in [6, 6.07) is 5.58. The number of hydrogen-bond donors (Lipinski definition) is 0. The summed E-state index contributed by atoms with van der Waals surface area (Å²) in [6.45, 7) is 5.11. The molecule has 0 aliphatic carbocycles. The van der Waals surface area contributed by atoms with E-state index in [0.29, 0.717) is 25.3 Å². The zero-order chi connectivity index (χ0) is 20.5. The normalized spacial score (nSPS) is 18.0. The molecule has 1 atom stereocenters. The number of carbonyl (C=O) groups is 1. The Hall–Kier alpha value is -2.06. The summed E-state index contributed by atoms with van der Waals surface area (Å²) in [5.74, 6) is -0.116. The number of piperidine rings is 1. The molecule has 1 amide bonds. The van der Waals surface area contributed by atoms with Gasteiger partial charge in [0.1, 0.15) is 10.6 Å². The molecule has 154 valence electrons. The minimum atomic E-state index is -3.59. The van der Waals surface area contributed by atoms with Gasteiger partial charge in [-0.2, -0.15) is 4.31 Å².